The lowest BCUT2D eigenvalue weighted by atomic mass is 10.1. The third-order valence-corrected chi connectivity index (χ3v) is 2.33. The molecular weight excluding hydrogens is 172 g/mol. The third kappa shape index (κ3) is 1.54. The van der Waals surface area contributed by atoms with Crippen LogP contribution in [-0.2, 0) is 0 Å². The fourth-order valence-corrected chi connectivity index (χ4v) is 1.51. The summed E-state index contributed by atoms with van der Waals surface area (Å²) in [5, 5.41) is 2.35. The predicted molar refractivity (Wildman–Crippen MR) is 53.5 cm³/mol. The molecule has 1 rings (SSSR count). The molecule has 0 amide bonds. The number of halogens is 1. The average Bonchev–Trinajstić information content (AvgIpc) is 1.97. The Labute approximate surface area is 77.9 Å². The van der Waals surface area contributed by atoms with Crippen LogP contribution in [0.25, 0.3) is 0 Å². The molecule has 0 bridgehead atoms. The molecule has 0 unspecified atom stereocenters. The van der Waals surface area contributed by atoms with Gasteiger partial charge in [0, 0.05) is 12.1 Å². The Balaban J connectivity index is 3.33. The SMILES string of the molecule is Cc1ccc(Cl)c(C)c1N(C)N. The summed E-state index contributed by atoms with van der Waals surface area (Å²) in [5.74, 6) is 5.66. The smallest absolute Gasteiger partial charge is 0.0587 e. The van der Waals surface area contributed by atoms with Crippen LogP contribution in [0.4, 0.5) is 5.69 Å². The summed E-state index contributed by atoms with van der Waals surface area (Å²) in [5.41, 5.74) is 3.17. The maximum atomic E-state index is 5.95. The van der Waals surface area contributed by atoms with Crippen LogP contribution in [-0.4, -0.2) is 7.05 Å². The number of nitrogens with zero attached hydrogens (tertiary/aromatic N) is 1. The monoisotopic (exact) mass is 184 g/mol. The Hall–Kier alpha value is -0.730. The van der Waals surface area contributed by atoms with Crippen LogP contribution >= 0.6 is 11.6 Å². The lowest BCUT2D eigenvalue weighted by molar-refractivity contribution is 0.997. The molecule has 2 nitrogen and oxygen atoms in total. The summed E-state index contributed by atoms with van der Waals surface area (Å²) in [4.78, 5) is 0. The summed E-state index contributed by atoms with van der Waals surface area (Å²) in [7, 11) is 1.81. The van der Waals surface area contributed by atoms with Gasteiger partial charge in [-0.1, -0.05) is 17.7 Å². The van der Waals surface area contributed by atoms with Gasteiger partial charge in [0.1, 0.15) is 0 Å². The van der Waals surface area contributed by atoms with Crippen LogP contribution in [0.3, 0.4) is 0 Å². The number of hydrazine groups is 1. The summed E-state index contributed by atoms with van der Waals surface area (Å²) >= 11 is 5.95. The van der Waals surface area contributed by atoms with Gasteiger partial charge >= 0.3 is 0 Å². The average molecular weight is 185 g/mol. The largest absolute Gasteiger partial charge is 0.314 e. The molecule has 0 saturated heterocycles. The Morgan fingerprint density at radius 2 is 1.92 bits per heavy atom. The molecule has 0 heterocycles. The van der Waals surface area contributed by atoms with Gasteiger partial charge in [-0.05, 0) is 31.0 Å². The van der Waals surface area contributed by atoms with E-state index in [4.69, 9.17) is 17.4 Å². The zero-order chi connectivity index (χ0) is 9.30. The minimum absolute atomic E-state index is 0.757. The molecule has 0 radical (unpaired) electrons. The molecule has 1 aromatic carbocycles. The molecule has 0 aromatic heterocycles. The molecular formula is C9H13ClN2. The van der Waals surface area contributed by atoms with Crippen molar-refractivity contribution in [3.05, 3.63) is 28.3 Å². The summed E-state index contributed by atoms with van der Waals surface area (Å²) in [6.45, 7) is 3.98. The lowest BCUT2D eigenvalue weighted by Gasteiger charge is -2.18. The maximum Gasteiger partial charge on any atom is 0.0587 e. The fourth-order valence-electron chi connectivity index (χ4n) is 1.35. The quantitative estimate of drug-likeness (QED) is 0.536. The van der Waals surface area contributed by atoms with Gasteiger partial charge in [0.25, 0.3) is 0 Å². The number of nitrogens with two attached hydrogens (primary N) is 1. The van der Waals surface area contributed by atoms with E-state index in [-0.39, 0.29) is 0 Å². The molecule has 0 aliphatic carbocycles. The van der Waals surface area contributed by atoms with Gasteiger partial charge in [0.2, 0.25) is 0 Å². The van der Waals surface area contributed by atoms with Crippen molar-refractivity contribution < 1.29 is 0 Å². The second-order valence-corrected chi connectivity index (χ2v) is 3.36. The molecule has 2 N–H and O–H groups in total. The van der Waals surface area contributed by atoms with Crippen LogP contribution in [0.5, 0.6) is 0 Å². The highest BCUT2D eigenvalue weighted by Gasteiger charge is 2.07. The first kappa shape index (κ1) is 9.36. The number of aryl methyl sites for hydroxylation is 1. The van der Waals surface area contributed by atoms with Crippen LogP contribution < -0.4 is 10.9 Å². The second-order valence-electron chi connectivity index (χ2n) is 2.95. The highest BCUT2D eigenvalue weighted by molar-refractivity contribution is 6.31. The number of hydrogen-bond donors (Lipinski definition) is 1. The van der Waals surface area contributed by atoms with E-state index in [1.807, 2.05) is 33.0 Å². The normalized spacial score (nSPS) is 10.1. The Bertz CT molecular complexity index is 295. The van der Waals surface area contributed by atoms with Gasteiger partial charge in [-0.25, -0.2) is 5.84 Å². The molecule has 12 heavy (non-hydrogen) atoms. The lowest BCUT2D eigenvalue weighted by Crippen LogP contribution is -2.26. The fraction of sp³-hybridized carbons (Fsp3) is 0.333. The first-order chi connectivity index (χ1) is 5.54. The molecule has 1 aromatic rings. The second kappa shape index (κ2) is 3.33. The standard InChI is InChI=1S/C9H13ClN2/c1-6-4-5-8(10)7(2)9(6)12(3)11/h4-5H,11H2,1-3H3. The van der Waals surface area contributed by atoms with E-state index in [9.17, 15) is 0 Å². The molecule has 0 fully saturated rings. The Kier molecular flexibility index (Phi) is 2.60. The first-order valence-corrected chi connectivity index (χ1v) is 4.16. The van der Waals surface area contributed by atoms with Gasteiger partial charge < -0.3 is 5.01 Å². The van der Waals surface area contributed by atoms with E-state index in [2.05, 4.69) is 0 Å². The van der Waals surface area contributed by atoms with E-state index in [1.165, 1.54) is 0 Å². The van der Waals surface area contributed by atoms with Crippen molar-refractivity contribution in [2.24, 2.45) is 5.84 Å². The molecule has 0 aliphatic heterocycles. The third-order valence-electron chi connectivity index (χ3n) is 1.92. The summed E-state index contributed by atoms with van der Waals surface area (Å²) in [6, 6.07) is 3.85. The highest BCUT2D eigenvalue weighted by atomic mass is 35.5. The van der Waals surface area contributed by atoms with Crippen LogP contribution in [0.2, 0.25) is 5.02 Å². The van der Waals surface area contributed by atoms with Gasteiger partial charge in [0.05, 0.1) is 5.69 Å². The van der Waals surface area contributed by atoms with E-state index >= 15 is 0 Å². The molecule has 0 aliphatic rings. The first-order valence-electron chi connectivity index (χ1n) is 3.78. The van der Waals surface area contributed by atoms with Gasteiger partial charge in [-0.3, -0.25) is 0 Å². The summed E-state index contributed by atoms with van der Waals surface area (Å²) in [6.07, 6.45) is 0. The number of hydrogen-bond acceptors (Lipinski definition) is 2. The highest BCUT2D eigenvalue weighted by Crippen LogP contribution is 2.27. The van der Waals surface area contributed by atoms with Crippen molar-refractivity contribution in [1.29, 1.82) is 0 Å². The molecule has 0 spiro atoms. The zero-order valence-electron chi connectivity index (χ0n) is 7.56. The number of rotatable bonds is 1. The molecule has 0 atom stereocenters. The van der Waals surface area contributed by atoms with E-state index in [0.717, 1.165) is 21.8 Å². The minimum atomic E-state index is 0.757. The summed E-state index contributed by atoms with van der Waals surface area (Å²) < 4.78 is 0. The van der Waals surface area contributed by atoms with Crippen LogP contribution in [0.1, 0.15) is 11.1 Å². The number of anilines is 1. The number of benzene rings is 1. The van der Waals surface area contributed by atoms with Crippen molar-refractivity contribution >= 4 is 17.3 Å². The van der Waals surface area contributed by atoms with Crippen molar-refractivity contribution in [2.75, 3.05) is 12.1 Å². The maximum absolute atomic E-state index is 5.95. The van der Waals surface area contributed by atoms with Crippen molar-refractivity contribution in [3.8, 4) is 0 Å². The molecule has 0 saturated carbocycles. The van der Waals surface area contributed by atoms with Crippen LogP contribution in [0, 0.1) is 13.8 Å². The van der Waals surface area contributed by atoms with Gasteiger partial charge in [-0.15, -0.1) is 0 Å². The molecule has 3 heteroatoms. The minimum Gasteiger partial charge on any atom is -0.314 e. The van der Waals surface area contributed by atoms with Crippen molar-refractivity contribution in [1.82, 2.24) is 0 Å². The molecule has 66 valence electrons. The van der Waals surface area contributed by atoms with Gasteiger partial charge in [-0.2, -0.15) is 0 Å². The van der Waals surface area contributed by atoms with Gasteiger partial charge in [0.15, 0.2) is 0 Å². The zero-order valence-corrected chi connectivity index (χ0v) is 8.31. The van der Waals surface area contributed by atoms with Crippen LogP contribution in [0.15, 0.2) is 12.1 Å². The topological polar surface area (TPSA) is 29.3 Å². The Morgan fingerprint density at radius 1 is 1.33 bits per heavy atom. The van der Waals surface area contributed by atoms with Crippen molar-refractivity contribution in [2.45, 2.75) is 13.8 Å². The van der Waals surface area contributed by atoms with Crippen molar-refractivity contribution in [3.63, 3.8) is 0 Å². The Morgan fingerprint density at radius 3 is 2.33 bits per heavy atom. The van der Waals surface area contributed by atoms with E-state index in [0.29, 0.717) is 0 Å². The van der Waals surface area contributed by atoms with E-state index in [1.54, 1.807) is 5.01 Å². The predicted octanol–water partition coefficient (Wildman–Crippen LogP) is 2.27. The van der Waals surface area contributed by atoms with E-state index < -0.39 is 0 Å².